The van der Waals surface area contributed by atoms with E-state index in [1.54, 1.807) is 36.5 Å². The molecule has 0 aliphatic carbocycles. The van der Waals surface area contributed by atoms with Gasteiger partial charge in [0, 0.05) is 29.4 Å². The van der Waals surface area contributed by atoms with Gasteiger partial charge in [0.05, 0.1) is 11.3 Å². The number of rotatable bonds is 5. The Balaban J connectivity index is 1.91. The van der Waals surface area contributed by atoms with E-state index in [0.29, 0.717) is 13.1 Å². The summed E-state index contributed by atoms with van der Waals surface area (Å²) >= 11 is 3.34. The number of hydrogen-bond donors (Lipinski definition) is 2. The lowest BCUT2D eigenvalue weighted by atomic mass is 10.1. The van der Waals surface area contributed by atoms with Crippen LogP contribution in [0.3, 0.4) is 0 Å². The molecule has 0 aromatic carbocycles. The predicted octanol–water partition coefficient (Wildman–Crippen LogP) is 2.73. The molecule has 0 atom stereocenters. The summed E-state index contributed by atoms with van der Waals surface area (Å²) in [4.78, 5) is 4.55. The monoisotopic (exact) mass is 268 g/mol. The number of nitrogens with zero attached hydrogens (tertiary/aromatic N) is 1. The number of aromatic nitrogens is 1. The highest BCUT2D eigenvalue weighted by Crippen LogP contribution is 2.25. The second kappa shape index (κ2) is 5.27. The van der Waals surface area contributed by atoms with Crippen LogP contribution in [0.15, 0.2) is 22.2 Å². The third-order valence-electron chi connectivity index (χ3n) is 2.18. The molecule has 5 heteroatoms. The highest BCUT2D eigenvalue weighted by atomic mass is 32.1. The molecule has 0 unspecified atom stereocenters. The van der Waals surface area contributed by atoms with Gasteiger partial charge in [-0.1, -0.05) is 0 Å². The van der Waals surface area contributed by atoms with Gasteiger partial charge >= 0.3 is 0 Å². The van der Waals surface area contributed by atoms with Crippen molar-refractivity contribution in [2.45, 2.75) is 26.0 Å². The first-order chi connectivity index (χ1) is 8.04. The van der Waals surface area contributed by atoms with E-state index < -0.39 is 5.60 Å². The molecule has 0 saturated heterocycles. The Morgan fingerprint density at radius 1 is 1.41 bits per heavy atom. The van der Waals surface area contributed by atoms with Crippen molar-refractivity contribution < 1.29 is 5.11 Å². The first kappa shape index (κ1) is 12.7. The Morgan fingerprint density at radius 3 is 2.88 bits per heavy atom. The number of nitrogens with one attached hydrogen (secondary N) is 1. The Hall–Kier alpha value is -0.750. The fourth-order valence-electron chi connectivity index (χ4n) is 1.40. The summed E-state index contributed by atoms with van der Waals surface area (Å²) < 4.78 is 0. The molecule has 0 bridgehead atoms. The zero-order chi connectivity index (χ0) is 12.3. The minimum Gasteiger partial charge on any atom is -0.389 e. The fourth-order valence-corrected chi connectivity index (χ4v) is 2.94. The second-order valence-corrected chi connectivity index (χ2v) is 6.21. The lowest BCUT2D eigenvalue weighted by molar-refractivity contribution is 0.0794. The lowest BCUT2D eigenvalue weighted by Crippen LogP contribution is -2.34. The molecule has 2 N–H and O–H groups in total. The molecule has 2 rings (SSSR count). The number of thiophene rings is 1. The summed E-state index contributed by atoms with van der Waals surface area (Å²) in [5, 5.41) is 20.1. The van der Waals surface area contributed by atoms with Crippen LogP contribution in [0.25, 0.3) is 10.6 Å². The van der Waals surface area contributed by atoms with Crippen molar-refractivity contribution in [1.82, 2.24) is 10.3 Å². The number of thiazole rings is 1. The smallest absolute Gasteiger partial charge is 0.124 e. The average molecular weight is 268 g/mol. The van der Waals surface area contributed by atoms with E-state index in [1.165, 1.54) is 5.56 Å². The molecule has 0 aliphatic rings. The zero-order valence-electron chi connectivity index (χ0n) is 9.93. The SMILES string of the molecule is CC(C)(O)CNCc1csc(-c2ccsc2)n1. The van der Waals surface area contributed by atoms with Crippen molar-refractivity contribution in [2.75, 3.05) is 6.54 Å². The van der Waals surface area contributed by atoms with Crippen molar-refractivity contribution in [2.24, 2.45) is 0 Å². The maximum atomic E-state index is 9.57. The average Bonchev–Trinajstić information content (AvgIpc) is 2.83. The van der Waals surface area contributed by atoms with E-state index in [4.69, 9.17) is 0 Å². The topological polar surface area (TPSA) is 45.1 Å². The summed E-state index contributed by atoms with van der Waals surface area (Å²) in [6, 6.07) is 2.08. The van der Waals surface area contributed by atoms with Crippen molar-refractivity contribution in [3.63, 3.8) is 0 Å². The molecule has 0 aliphatic heterocycles. The summed E-state index contributed by atoms with van der Waals surface area (Å²) in [5.41, 5.74) is 1.54. The van der Waals surface area contributed by atoms with Crippen molar-refractivity contribution in [1.29, 1.82) is 0 Å². The van der Waals surface area contributed by atoms with Crippen LogP contribution in [0, 0.1) is 0 Å². The molecule has 0 amide bonds. The third kappa shape index (κ3) is 3.89. The Labute approximate surface area is 109 Å². The molecule has 3 nitrogen and oxygen atoms in total. The van der Waals surface area contributed by atoms with Gasteiger partial charge in [0.1, 0.15) is 5.01 Å². The zero-order valence-corrected chi connectivity index (χ0v) is 11.6. The minimum atomic E-state index is -0.674. The largest absolute Gasteiger partial charge is 0.389 e. The van der Waals surface area contributed by atoms with Crippen molar-refractivity contribution >= 4 is 22.7 Å². The van der Waals surface area contributed by atoms with Crippen molar-refractivity contribution in [3.05, 3.63) is 27.9 Å². The van der Waals surface area contributed by atoms with Crippen LogP contribution in [0.1, 0.15) is 19.5 Å². The van der Waals surface area contributed by atoms with Gasteiger partial charge in [0.2, 0.25) is 0 Å². The number of hydrogen-bond acceptors (Lipinski definition) is 5. The first-order valence-electron chi connectivity index (χ1n) is 5.45. The fraction of sp³-hybridized carbons (Fsp3) is 0.417. The predicted molar refractivity (Wildman–Crippen MR) is 73.4 cm³/mol. The van der Waals surface area contributed by atoms with E-state index in [0.717, 1.165) is 10.7 Å². The van der Waals surface area contributed by atoms with Crippen LogP contribution >= 0.6 is 22.7 Å². The van der Waals surface area contributed by atoms with Gasteiger partial charge in [0.15, 0.2) is 0 Å². The first-order valence-corrected chi connectivity index (χ1v) is 7.27. The van der Waals surface area contributed by atoms with Gasteiger partial charge in [-0.25, -0.2) is 4.98 Å². The molecule has 2 aromatic rings. The van der Waals surface area contributed by atoms with E-state index in [-0.39, 0.29) is 0 Å². The molecule has 0 spiro atoms. The van der Waals surface area contributed by atoms with Gasteiger partial charge in [-0.15, -0.1) is 11.3 Å². The van der Waals surface area contributed by atoms with E-state index in [2.05, 4.69) is 32.5 Å². The molecule has 0 saturated carbocycles. The summed E-state index contributed by atoms with van der Waals surface area (Å²) in [5.74, 6) is 0. The molecule has 2 aromatic heterocycles. The number of aliphatic hydroxyl groups is 1. The quantitative estimate of drug-likeness (QED) is 0.876. The van der Waals surface area contributed by atoms with Crippen LogP contribution in [0.5, 0.6) is 0 Å². The minimum absolute atomic E-state index is 0.568. The Morgan fingerprint density at radius 2 is 2.24 bits per heavy atom. The van der Waals surface area contributed by atoms with E-state index in [9.17, 15) is 5.11 Å². The van der Waals surface area contributed by atoms with Crippen LogP contribution in [-0.4, -0.2) is 22.2 Å². The van der Waals surface area contributed by atoms with Crippen LogP contribution in [-0.2, 0) is 6.54 Å². The Bertz CT molecular complexity index is 457. The molecule has 17 heavy (non-hydrogen) atoms. The lowest BCUT2D eigenvalue weighted by Gasteiger charge is -2.16. The highest BCUT2D eigenvalue weighted by molar-refractivity contribution is 7.14. The van der Waals surface area contributed by atoms with Gasteiger partial charge in [-0.3, -0.25) is 0 Å². The van der Waals surface area contributed by atoms with Gasteiger partial charge < -0.3 is 10.4 Å². The Kier molecular flexibility index (Phi) is 3.93. The van der Waals surface area contributed by atoms with E-state index >= 15 is 0 Å². The molecule has 0 radical (unpaired) electrons. The maximum absolute atomic E-state index is 9.57. The second-order valence-electron chi connectivity index (χ2n) is 4.57. The van der Waals surface area contributed by atoms with Gasteiger partial charge in [-0.2, -0.15) is 11.3 Å². The van der Waals surface area contributed by atoms with Gasteiger partial charge in [0.25, 0.3) is 0 Å². The third-order valence-corrected chi connectivity index (χ3v) is 3.81. The molecule has 92 valence electrons. The van der Waals surface area contributed by atoms with Crippen LogP contribution < -0.4 is 5.32 Å². The van der Waals surface area contributed by atoms with Gasteiger partial charge in [-0.05, 0) is 25.3 Å². The summed E-state index contributed by atoms with van der Waals surface area (Å²) in [7, 11) is 0. The molecular formula is C12H16N2OS2. The molecule has 0 fully saturated rings. The van der Waals surface area contributed by atoms with Crippen LogP contribution in [0.2, 0.25) is 0 Å². The molecular weight excluding hydrogens is 252 g/mol. The summed E-state index contributed by atoms with van der Waals surface area (Å²) in [6.45, 7) is 4.85. The standard InChI is InChI=1S/C12H16N2OS2/c1-12(2,15)8-13-5-10-7-17-11(14-10)9-3-4-16-6-9/h3-4,6-7,13,15H,5,8H2,1-2H3. The van der Waals surface area contributed by atoms with E-state index in [1.807, 2.05) is 0 Å². The maximum Gasteiger partial charge on any atom is 0.124 e. The van der Waals surface area contributed by atoms with Crippen LogP contribution in [0.4, 0.5) is 0 Å². The molecule has 2 heterocycles. The summed E-state index contributed by atoms with van der Waals surface area (Å²) in [6.07, 6.45) is 0. The highest BCUT2D eigenvalue weighted by Gasteiger charge is 2.11. The van der Waals surface area contributed by atoms with Crippen molar-refractivity contribution in [3.8, 4) is 10.6 Å². The normalized spacial score (nSPS) is 11.9.